The normalized spacial score (nSPS) is 18.2. The first-order valence-corrected chi connectivity index (χ1v) is 5.55. The molecule has 0 radical (unpaired) electrons. The molecule has 1 aromatic rings. The van der Waals surface area contributed by atoms with Crippen molar-refractivity contribution in [3.8, 4) is 0 Å². The summed E-state index contributed by atoms with van der Waals surface area (Å²) in [5, 5.41) is 0. The lowest BCUT2D eigenvalue weighted by Gasteiger charge is -2.29. The summed E-state index contributed by atoms with van der Waals surface area (Å²) in [5.74, 6) is 0. The minimum Gasteiger partial charge on any atom is -0.263 e. The van der Waals surface area contributed by atoms with Gasteiger partial charge in [0, 0.05) is 25.5 Å². The highest BCUT2D eigenvalue weighted by molar-refractivity contribution is 7.89. The number of rotatable bonds is 2. The maximum Gasteiger partial charge on any atom is 0.244 e. The molecule has 4 nitrogen and oxygen atoms in total. The van der Waals surface area contributed by atoms with Crippen molar-refractivity contribution in [2.75, 3.05) is 13.1 Å². The second-order valence-electron chi connectivity index (χ2n) is 2.95. The lowest BCUT2D eigenvalue weighted by Crippen LogP contribution is -2.41. The number of sulfonamides is 1. The molecule has 0 atom stereocenters. The van der Waals surface area contributed by atoms with Gasteiger partial charge in [-0.3, -0.25) is 4.98 Å². The van der Waals surface area contributed by atoms with Crippen LogP contribution in [0.4, 0.5) is 0 Å². The Morgan fingerprint density at radius 1 is 1.38 bits per heavy atom. The van der Waals surface area contributed by atoms with Gasteiger partial charge in [-0.15, -0.1) is 0 Å². The van der Waals surface area contributed by atoms with Crippen LogP contribution in [0, 0.1) is 0 Å². The van der Waals surface area contributed by atoms with E-state index in [-0.39, 0.29) is 4.90 Å². The molecule has 0 bridgehead atoms. The molecular weight excluding hydrogens is 188 g/mol. The molecule has 13 heavy (non-hydrogen) atoms. The Morgan fingerprint density at radius 2 is 2.15 bits per heavy atom. The van der Waals surface area contributed by atoms with E-state index in [0.717, 1.165) is 6.42 Å². The van der Waals surface area contributed by atoms with E-state index < -0.39 is 10.0 Å². The van der Waals surface area contributed by atoms with E-state index in [4.69, 9.17) is 0 Å². The third-order valence-electron chi connectivity index (χ3n) is 2.09. The van der Waals surface area contributed by atoms with Gasteiger partial charge in [0.1, 0.15) is 4.90 Å². The average Bonchev–Trinajstić information content (AvgIpc) is 2.02. The Morgan fingerprint density at radius 3 is 2.62 bits per heavy atom. The number of hydrogen-bond acceptors (Lipinski definition) is 3. The molecule has 0 saturated carbocycles. The molecule has 2 heterocycles. The molecule has 70 valence electrons. The third-order valence-corrected chi connectivity index (χ3v) is 3.97. The van der Waals surface area contributed by atoms with Crippen molar-refractivity contribution in [2.24, 2.45) is 0 Å². The van der Waals surface area contributed by atoms with Gasteiger partial charge >= 0.3 is 0 Å². The predicted molar refractivity (Wildman–Crippen MR) is 47.6 cm³/mol. The van der Waals surface area contributed by atoms with Gasteiger partial charge < -0.3 is 0 Å². The summed E-state index contributed by atoms with van der Waals surface area (Å²) in [5.41, 5.74) is 0. The van der Waals surface area contributed by atoms with E-state index in [1.165, 1.54) is 10.5 Å². The van der Waals surface area contributed by atoms with Crippen LogP contribution in [0.1, 0.15) is 6.42 Å². The van der Waals surface area contributed by atoms with Gasteiger partial charge in [0.05, 0.1) is 0 Å². The van der Waals surface area contributed by atoms with Crippen LogP contribution in [0.3, 0.4) is 0 Å². The van der Waals surface area contributed by atoms with Crippen LogP contribution in [-0.4, -0.2) is 30.8 Å². The maximum atomic E-state index is 11.7. The van der Waals surface area contributed by atoms with Crippen molar-refractivity contribution in [3.63, 3.8) is 0 Å². The first-order chi connectivity index (χ1) is 6.21. The van der Waals surface area contributed by atoms with Crippen LogP contribution in [0.15, 0.2) is 29.4 Å². The third kappa shape index (κ3) is 1.45. The Kier molecular flexibility index (Phi) is 2.05. The first kappa shape index (κ1) is 8.65. The van der Waals surface area contributed by atoms with E-state index in [1.54, 1.807) is 18.3 Å². The Hall–Kier alpha value is -0.940. The fourth-order valence-electron chi connectivity index (χ4n) is 1.18. The predicted octanol–water partition coefficient (Wildman–Crippen LogP) is 0.476. The van der Waals surface area contributed by atoms with Gasteiger partial charge in [-0.1, -0.05) is 0 Å². The number of aromatic nitrogens is 1. The van der Waals surface area contributed by atoms with Gasteiger partial charge in [0.25, 0.3) is 0 Å². The number of hydrogen-bond donors (Lipinski definition) is 0. The molecule has 1 saturated heterocycles. The summed E-state index contributed by atoms with van der Waals surface area (Å²) in [7, 11) is -3.23. The van der Waals surface area contributed by atoms with Crippen molar-refractivity contribution >= 4 is 10.0 Å². The van der Waals surface area contributed by atoms with Gasteiger partial charge in [-0.05, 0) is 18.6 Å². The highest BCUT2D eigenvalue weighted by Gasteiger charge is 2.28. The van der Waals surface area contributed by atoms with E-state index in [9.17, 15) is 8.42 Å². The van der Waals surface area contributed by atoms with Crippen molar-refractivity contribution in [1.29, 1.82) is 0 Å². The zero-order valence-electron chi connectivity index (χ0n) is 7.05. The second kappa shape index (κ2) is 3.08. The SMILES string of the molecule is O=S(=O)(c1cccnc1)N1CCC1. The molecule has 1 aliphatic rings. The summed E-state index contributed by atoms with van der Waals surface area (Å²) in [6.07, 6.45) is 3.91. The maximum absolute atomic E-state index is 11.7. The molecule has 1 aliphatic heterocycles. The van der Waals surface area contributed by atoms with Crippen LogP contribution in [0.5, 0.6) is 0 Å². The fraction of sp³-hybridized carbons (Fsp3) is 0.375. The Balaban J connectivity index is 2.35. The van der Waals surface area contributed by atoms with Crippen LogP contribution in [0.25, 0.3) is 0 Å². The minimum atomic E-state index is -3.23. The molecule has 1 fully saturated rings. The van der Waals surface area contributed by atoms with Gasteiger partial charge in [0.2, 0.25) is 10.0 Å². The molecule has 0 amide bonds. The van der Waals surface area contributed by atoms with Crippen molar-refractivity contribution in [3.05, 3.63) is 24.5 Å². The molecule has 0 aromatic carbocycles. The fourth-order valence-corrected chi connectivity index (χ4v) is 2.66. The number of pyridine rings is 1. The van der Waals surface area contributed by atoms with Crippen LogP contribution < -0.4 is 0 Å². The monoisotopic (exact) mass is 198 g/mol. The van der Waals surface area contributed by atoms with Gasteiger partial charge in [-0.25, -0.2) is 8.42 Å². The second-order valence-corrected chi connectivity index (χ2v) is 4.88. The first-order valence-electron chi connectivity index (χ1n) is 4.11. The summed E-state index contributed by atoms with van der Waals surface area (Å²) >= 11 is 0. The molecule has 0 N–H and O–H groups in total. The highest BCUT2D eigenvalue weighted by atomic mass is 32.2. The summed E-state index contributed by atoms with van der Waals surface area (Å²) in [6, 6.07) is 3.20. The Bertz CT molecular complexity index is 384. The topological polar surface area (TPSA) is 50.3 Å². The summed E-state index contributed by atoms with van der Waals surface area (Å²) < 4.78 is 24.9. The van der Waals surface area contributed by atoms with E-state index in [2.05, 4.69) is 4.98 Å². The van der Waals surface area contributed by atoms with E-state index in [0.29, 0.717) is 13.1 Å². The molecule has 5 heteroatoms. The largest absolute Gasteiger partial charge is 0.263 e. The molecule has 2 rings (SSSR count). The van der Waals surface area contributed by atoms with Crippen molar-refractivity contribution in [2.45, 2.75) is 11.3 Å². The van der Waals surface area contributed by atoms with E-state index >= 15 is 0 Å². The molecule has 0 aliphatic carbocycles. The quantitative estimate of drug-likeness (QED) is 0.694. The molecule has 0 unspecified atom stereocenters. The lowest BCUT2D eigenvalue weighted by molar-refractivity contribution is 0.309. The highest BCUT2D eigenvalue weighted by Crippen LogP contribution is 2.19. The summed E-state index contributed by atoms with van der Waals surface area (Å²) in [4.78, 5) is 4.07. The molecule has 0 spiro atoms. The Labute approximate surface area is 77.3 Å². The van der Waals surface area contributed by atoms with E-state index in [1.807, 2.05) is 0 Å². The van der Waals surface area contributed by atoms with Crippen LogP contribution in [-0.2, 0) is 10.0 Å². The molecular formula is C8H10N2O2S. The molecule has 1 aromatic heterocycles. The number of nitrogens with zero attached hydrogens (tertiary/aromatic N) is 2. The van der Waals surface area contributed by atoms with Gasteiger partial charge in [-0.2, -0.15) is 4.31 Å². The van der Waals surface area contributed by atoms with Crippen molar-refractivity contribution in [1.82, 2.24) is 9.29 Å². The summed E-state index contributed by atoms with van der Waals surface area (Å²) in [6.45, 7) is 1.27. The van der Waals surface area contributed by atoms with Crippen LogP contribution >= 0.6 is 0 Å². The zero-order chi connectivity index (χ0) is 9.31. The minimum absolute atomic E-state index is 0.287. The average molecular weight is 198 g/mol. The zero-order valence-corrected chi connectivity index (χ0v) is 7.87. The standard InChI is InChI=1S/C8H10N2O2S/c11-13(12,10-5-2-6-10)8-3-1-4-9-7-8/h1,3-4,7H,2,5-6H2. The lowest BCUT2D eigenvalue weighted by atomic mass is 10.3. The van der Waals surface area contributed by atoms with Crippen molar-refractivity contribution < 1.29 is 8.42 Å². The van der Waals surface area contributed by atoms with Crippen LogP contribution in [0.2, 0.25) is 0 Å². The van der Waals surface area contributed by atoms with Gasteiger partial charge in [0.15, 0.2) is 0 Å². The smallest absolute Gasteiger partial charge is 0.244 e.